The summed E-state index contributed by atoms with van der Waals surface area (Å²) in [5.41, 5.74) is 0. The summed E-state index contributed by atoms with van der Waals surface area (Å²) in [6.45, 7) is 5.41. The van der Waals surface area contributed by atoms with Crippen molar-refractivity contribution in [3.8, 4) is 0 Å². The van der Waals surface area contributed by atoms with Crippen LogP contribution >= 0.6 is 0 Å². The zero-order valence-corrected chi connectivity index (χ0v) is 13.8. The normalized spacial score (nSPS) is 33.4. The molecule has 3 rings (SSSR count). The van der Waals surface area contributed by atoms with E-state index in [0.717, 1.165) is 18.9 Å². The Bertz CT molecular complexity index is 348. The molecule has 0 radical (unpaired) electrons. The summed E-state index contributed by atoms with van der Waals surface area (Å²) in [4.78, 5) is 15.3. The third-order valence-corrected chi connectivity index (χ3v) is 5.77. The number of fused-ring (bicyclic) bond motifs is 1. The highest BCUT2D eigenvalue weighted by atomic mass is 16.2. The molecule has 0 aromatic heterocycles. The Kier molecular flexibility index (Phi) is 4.88. The van der Waals surface area contributed by atoms with Crippen LogP contribution in [0.1, 0.15) is 71.6 Å². The van der Waals surface area contributed by atoms with E-state index in [1.165, 1.54) is 51.4 Å². The van der Waals surface area contributed by atoms with Gasteiger partial charge in [0.15, 0.2) is 0 Å². The van der Waals surface area contributed by atoms with Crippen molar-refractivity contribution in [2.45, 2.75) is 89.8 Å². The van der Waals surface area contributed by atoms with Crippen LogP contribution in [0.3, 0.4) is 0 Å². The van der Waals surface area contributed by atoms with E-state index in [2.05, 4.69) is 24.1 Å². The largest absolute Gasteiger partial charge is 0.338 e. The molecule has 0 spiro atoms. The maximum Gasteiger partial charge on any atom is 0.239 e. The molecule has 1 N–H and O–H groups in total. The lowest BCUT2D eigenvalue weighted by Crippen LogP contribution is -2.50. The van der Waals surface area contributed by atoms with Crippen molar-refractivity contribution in [2.75, 3.05) is 6.54 Å². The molecule has 3 atom stereocenters. The number of amides is 1. The minimum Gasteiger partial charge on any atom is -0.338 e. The smallest absolute Gasteiger partial charge is 0.239 e. The van der Waals surface area contributed by atoms with Crippen LogP contribution in [0.15, 0.2) is 0 Å². The van der Waals surface area contributed by atoms with Gasteiger partial charge in [-0.25, -0.2) is 0 Å². The van der Waals surface area contributed by atoms with Crippen molar-refractivity contribution in [1.29, 1.82) is 0 Å². The topological polar surface area (TPSA) is 32.3 Å². The number of nitrogens with one attached hydrogen (secondary N) is 1. The molecule has 0 aromatic rings. The van der Waals surface area contributed by atoms with Crippen molar-refractivity contribution < 1.29 is 4.79 Å². The van der Waals surface area contributed by atoms with E-state index in [4.69, 9.17) is 0 Å². The molecule has 3 heteroatoms. The first kappa shape index (κ1) is 15.3. The Labute approximate surface area is 129 Å². The molecule has 3 fully saturated rings. The third-order valence-electron chi connectivity index (χ3n) is 5.77. The second-order valence-electron chi connectivity index (χ2n) is 7.93. The molecular formula is C18H32N2O. The second kappa shape index (κ2) is 6.68. The van der Waals surface area contributed by atoms with Crippen LogP contribution < -0.4 is 5.32 Å². The summed E-state index contributed by atoms with van der Waals surface area (Å²) in [6.07, 6.45) is 11.4. The van der Waals surface area contributed by atoms with Gasteiger partial charge in [0.1, 0.15) is 0 Å². The highest BCUT2D eigenvalue weighted by Gasteiger charge is 2.41. The van der Waals surface area contributed by atoms with Crippen LogP contribution in [0, 0.1) is 11.8 Å². The summed E-state index contributed by atoms with van der Waals surface area (Å²) < 4.78 is 0. The number of rotatable bonds is 4. The monoisotopic (exact) mass is 292 g/mol. The first-order chi connectivity index (χ1) is 10.1. The van der Waals surface area contributed by atoms with Gasteiger partial charge in [-0.3, -0.25) is 4.79 Å². The van der Waals surface area contributed by atoms with E-state index in [9.17, 15) is 4.79 Å². The van der Waals surface area contributed by atoms with Crippen molar-refractivity contribution in [3.63, 3.8) is 0 Å². The number of hydrogen-bond acceptors (Lipinski definition) is 2. The van der Waals surface area contributed by atoms with E-state index in [1.807, 2.05) is 0 Å². The third kappa shape index (κ3) is 3.44. The van der Waals surface area contributed by atoms with Gasteiger partial charge in [-0.15, -0.1) is 0 Å². The molecule has 1 saturated heterocycles. The highest BCUT2D eigenvalue weighted by Crippen LogP contribution is 2.34. The van der Waals surface area contributed by atoms with E-state index in [1.54, 1.807) is 0 Å². The molecule has 0 bridgehead atoms. The first-order valence-electron chi connectivity index (χ1n) is 9.21. The molecule has 120 valence electrons. The lowest BCUT2D eigenvalue weighted by atomic mass is 9.85. The predicted octanol–water partition coefficient (Wildman–Crippen LogP) is 3.33. The molecule has 3 unspecified atom stereocenters. The van der Waals surface area contributed by atoms with Gasteiger partial charge >= 0.3 is 0 Å². The van der Waals surface area contributed by atoms with E-state index >= 15 is 0 Å². The molecule has 1 aliphatic heterocycles. The fraction of sp³-hybridized carbons (Fsp3) is 0.944. The Balaban J connectivity index is 1.65. The Morgan fingerprint density at radius 1 is 1.10 bits per heavy atom. The van der Waals surface area contributed by atoms with Crippen molar-refractivity contribution in [2.24, 2.45) is 11.8 Å². The minimum atomic E-state index is 0.109. The van der Waals surface area contributed by atoms with Crippen molar-refractivity contribution >= 4 is 5.91 Å². The van der Waals surface area contributed by atoms with Gasteiger partial charge in [0.2, 0.25) is 5.91 Å². The second-order valence-corrected chi connectivity index (χ2v) is 7.93. The molecule has 1 amide bonds. The van der Waals surface area contributed by atoms with Crippen LogP contribution in [0.5, 0.6) is 0 Å². The van der Waals surface area contributed by atoms with Gasteiger partial charge in [0, 0.05) is 18.6 Å². The number of hydrogen-bond donors (Lipinski definition) is 1. The van der Waals surface area contributed by atoms with Crippen LogP contribution in [0.4, 0.5) is 0 Å². The summed E-state index contributed by atoms with van der Waals surface area (Å²) in [6, 6.07) is 1.25. The lowest BCUT2D eigenvalue weighted by molar-refractivity contribution is -0.136. The summed E-state index contributed by atoms with van der Waals surface area (Å²) in [7, 11) is 0. The summed E-state index contributed by atoms with van der Waals surface area (Å²) >= 11 is 0. The van der Waals surface area contributed by atoms with Crippen LogP contribution in [-0.4, -0.2) is 35.5 Å². The lowest BCUT2D eigenvalue weighted by Gasteiger charge is -2.33. The molecule has 0 aromatic carbocycles. The molecule has 2 saturated carbocycles. The van der Waals surface area contributed by atoms with Gasteiger partial charge in [0.25, 0.3) is 0 Å². The molecule has 21 heavy (non-hydrogen) atoms. The van der Waals surface area contributed by atoms with E-state index in [0.29, 0.717) is 23.9 Å². The number of carbonyl (C=O) groups excluding carboxylic acids is 1. The number of carbonyl (C=O) groups is 1. The molecule has 3 aliphatic rings. The standard InChI is InChI=1S/C18H32N2O/c1-13(2)12-20(15-8-4-5-9-15)18(21)17-11-14-7-3-6-10-16(14)19-17/h13-17,19H,3-12H2,1-2H3. The average molecular weight is 292 g/mol. The van der Waals surface area contributed by atoms with Crippen LogP contribution in [-0.2, 0) is 4.79 Å². The van der Waals surface area contributed by atoms with Crippen molar-refractivity contribution in [3.05, 3.63) is 0 Å². The summed E-state index contributed by atoms with van der Waals surface area (Å²) in [5.74, 6) is 1.74. The highest BCUT2D eigenvalue weighted by molar-refractivity contribution is 5.82. The van der Waals surface area contributed by atoms with Gasteiger partial charge in [0.05, 0.1) is 6.04 Å². The van der Waals surface area contributed by atoms with E-state index < -0.39 is 0 Å². The number of nitrogens with zero attached hydrogens (tertiary/aromatic N) is 1. The van der Waals surface area contributed by atoms with Crippen LogP contribution in [0.2, 0.25) is 0 Å². The molecule has 3 nitrogen and oxygen atoms in total. The van der Waals surface area contributed by atoms with Gasteiger partial charge < -0.3 is 10.2 Å². The SMILES string of the molecule is CC(C)CN(C(=O)C1CC2CCCCC2N1)C1CCCC1. The first-order valence-corrected chi connectivity index (χ1v) is 9.21. The zero-order chi connectivity index (χ0) is 14.8. The van der Waals surface area contributed by atoms with Crippen molar-refractivity contribution in [1.82, 2.24) is 10.2 Å². The fourth-order valence-electron chi connectivity index (χ4n) is 4.74. The fourth-order valence-corrected chi connectivity index (χ4v) is 4.74. The average Bonchev–Trinajstić information content (AvgIpc) is 3.12. The van der Waals surface area contributed by atoms with E-state index in [-0.39, 0.29) is 6.04 Å². The van der Waals surface area contributed by atoms with Gasteiger partial charge in [-0.05, 0) is 43.9 Å². The van der Waals surface area contributed by atoms with Gasteiger partial charge in [-0.2, -0.15) is 0 Å². The van der Waals surface area contributed by atoms with Gasteiger partial charge in [-0.1, -0.05) is 39.5 Å². The summed E-state index contributed by atoms with van der Waals surface area (Å²) in [5, 5.41) is 3.68. The quantitative estimate of drug-likeness (QED) is 0.862. The Hall–Kier alpha value is -0.570. The maximum atomic E-state index is 13.1. The Morgan fingerprint density at radius 3 is 2.43 bits per heavy atom. The van der Waals surface area contributed by atoms with Crippen LogP contribution in [0.25, 0.3) is 0 Å². The molecular weight excluding hydrogens is 260 g/mol. The maximum absolute atomic E-state index is 13.1. The Morgan fingerprint density at radius 2 is 1.76 bits per heavy atom. The zero-order valence-electron chi connectivity index (χ0n) is 13.8. The molecule has 1 heterocycles. The predicted molar refractivity (Wildman–Crippen MR) is 86.1 cm³/mol. The minimum absolute atomic E-state index is 0.109. The molecule has 2 aliphatic carbocycles.